The molecule has 0 saturated heterocycles. The van der Waals surface area contributed by atoms with E-state index in [1.807, 2.05) is 18.4 Å². The number of anilines is 1. The standard InChI is InChI=1S/C12H15N3OS/c1-17-12-15-14-11(16-12)4-2-3-9-5-7-10(13)8-6-9/h5-8H,2-4,13H2,1H3. The van der Waals surface area contributed by atoms with Crippen LogP contribution in [0.2, 0.25) is 0 Å². The van der Waals surface area contributed by atoms with Crippen molar-refractivity contribution >= 4 is 17.4 Å². The van der Waals surface area contributed by atoms with E-state index in [4.69, 9.17) is 10.2 Å². The van der Waals surface area contributed by atoms with Crippen molar-refractivity contribution in [2.45, 2.75) is 24.5 Å². The third-order valence-electron chi connectivity index (χ3n) is 2.46. The largest absolute Gasteiger partial charge is 0.416 e. The van der Waals surface area contributed by atoms with E-state index >= 15 is 0 Å². The summed E-state index contributed by atoms with van der Waals surface area (Å²) in [5, 5.41) is 8.51. The average molecular weight is 249 g/mol. The van der Waals surface area contributed by atoms with E-state index in [2.05, 4.69) is 22.3 Å². The molecule has 0 spiro atoms. The lowest BCUT2D eigenvalue weighted by Gasteiger charge is -2.00. The van der Waals surface area contributed by atoms with E-state index in [1.165, 1.54) is 17.3 Å². The lowest BCUT2D eigenvalue weighted by Crippen LogP contribution is -1.91. The first-order chi connectivity index (χ1) is 8.28. The molecule has 0 amide bonds. The average Bonchev–Trinajstić information content (AvgIpc) is 2.80. The van der Waals surface area contributed by atoms with Crippen LogP contribution in [0.5, 0.6) is 0 Å². The van der Waals surface area contributed by atoms with E-state index in [9.17, 15) is 0 Å². The summed E-state index contributed by atoms with van der Waals surface area (Å²) in [5.41, 5.74) is 7.71. The molecule has 2 rings (SSSR count). The smallest absolute Gasteiger partial charge is 0.276 e. The van der Waals surface area contributed by atoms with Crippen LogP contribution in [-0.2, 0) is 12.8 Å². The molecule has 1 aromatic carbocycles. The van der Waals surface area contributed by atoms with Gasteiger partial charge in [0.25, 0.3) is 5.22 Å². The van der Waals surface area contributed by atoms with Gasteiger partial charge in [-0.25, -0.2) is 0 Å². The van der Waals surface area contributed by atoms with Gasteiger partial charge in [0.05, 0.1) is 0 Å². The number of hydrogen-bond acceptors (Lipinski definition) is 5. The second-order valence-electron chi connectivity index (χ2n) is 3.76. The first-order valence-electron chi connectivity index (χ1n) is 5.48. The van der Waals surface area contributed by atoms with Gasteiger partial charge in [-0.1, -0.05) is 23.9 Å². The van der Waals surface area contributed by atoms with Crippen LogP contribution < -0.4 is 5.73 Å². The highest BCUT2D eigenvalue weighted by Gasteiger charge is 2.04. The minimum Gasteiger partial charge on any atom is -0.416 e. The predicted octanol–water partition coefficient (Wildman–Crippen LogP) is 2.55. The predicted molar refractivity (Wildman–Crippen MR) is 69.0 cm³/mol. The van der Waals surface area contributed by atoms with Gasteiger partial charge in [0.2, 0.25) is 5.89 Å². The normalized spacial score (nSPS) is 10.6. The molecule has 0 saturated carbocycles. The van der Waals surface area contributed by atoms with Crippen molar-refractivity contribution in [1.82, 2.24) is 10.2 Å². The lowest BCUT2D eigenvalue weighted by molar-refractivity contribution is 0.410. The van der Waals surface area contributed by atoms with Gasteiger partial charge in [-0.05, 0) is 36.8 Å². The number of aromatic nitrogens is 2. The summed E-state index contributed by atoms with van der Waals surface area (Å²) in [7, 11) is 0. The van der Waals surface area contributed by atoms with E-state index in [1.54, 1.807) is 0 Å². The topological polar surface area (TPSA) is 64.9 Å². The molecule has 0 fully saturated rings. The Morgan fingerprint density at radius 3 is 2.59 bits per heavy atom. The SMILES string of the molecule is CSc1nnc(CCCc2ccc(N)cc2)o1. The number of nitrogens with zero attached hydrogens (tertiary/aromatic N) is 2. The summed E-state index contributed by atoms with van der Waals surface area (Å²) >= 11 is 1.47. The molecule has 17 heavy (non-hydrogen) atoms. The molecule has 2 aromatic rings. The highest BCUT2D eigenvalue weighted by atomic mass is 32.2. The molecule has 5 heteroatoms. The molecular weight excluding hydrogens is 234 g/mol. The molecule has 4 nitrogen and oxygen atoms in total. The molecule has 1 aromatic heterocycles. The van der Waals surface area contributed by atoms with Crippen molar-refractivity contribution in [3.8, 4) is 0 Å². The van der Waals surface area contributed by atoms with Gasteiger partial charge in [-0.15, -0.1) is 10.2 Å². The third kappa shape index (κ3) is 3.49. The Morgan fingerprint density at radius 1 is 1.18 bits per heavy atom. The fourth-order valence-corrected chi connectivity index (χ4v) is 1.85. The summed E-state index contributed by atoms with van der Waals surface area (Å²) in [4.78, 5) is 0. The molecule has 0 aliphatic carbocycles. The number of thioether (sulfide) groups is 1. The van der Waals surface area contributed by atoms with Gasteiger partial charge in [0.1, 0.15) is 0 Å². The van der Waals surface area contributed by atoms with Crippen LogP contribution in [0.1, 0.15) is 17.9 Å². The summed E-state index contributed by atoms with van der Waals surface area (Å²) in [6.07, 6.45) is 4.74. The Labute approximate surface area is 105 Å². The van der Waals surface area contributed by atoms with Crippen LogP contribution in [0.3, 0.4) is 0 Å². The highest BCUT2D eigenvalue weighted by Crippen LogP contribution is 2.14. The minimum absolute atomic E-state index is 0.632. The molecule has 90 valence electrons. The Balaban J connectivity index is 1.81. The summed E-state index contributed by atoms with van der Waals surface area (Å²) in [6, 6.07) is 7.95. The molecule has 1 heterocycles. The first-order valence-corrected chi connectivity index (χ1v) is 6.71. The van der Waals surface area contributed by atoms with Crippen molar-refractivity contribution in [1.29, 1.82) is 0 Å². The molecule has 2 N–H and O–H groups in total. The molecule has 0 aliphatic heterocycles. The van der Waals surface area contributed by atoms with Crippen molar-refractivity contribution in [2.24, 2.45) is 0 Å². The van der Waals surface area contributed by atoms with Crippen LogP contribution >= 0.6 is 11.8 Å². The Morgan fingerprint density at radius 2 is 1.94 bits per heavy atom. The Hall–Kier alpha value is -1.49. The van der Waals surface area contributed by atoms with Gasteiger partial charge in [-0.3, -0.25) is 0 Å². The summed E-state index contributed by atoms with van der Waals surface area (Å²) < 4.78 is 5.41. The Bertz CT molecular complexity index is 467. The van der Waals surface area contributed by atoms with E-state index in [0.29, 0.717) is 11.1 Å². The van der Waals surface area contributed by atoms with Gasteiger partial charge < -0.3 is 10.2 Å². The minimum atomic E-state index is 0.632. The van der Waals surface area contributed by atoms with Gasteiger partial charge in [0, 0.05) is 12.1 Å². The number of rotatable bonds is 5. The molecule has 0 bridgehead atoms. The summed E-state index contributed by atoms with van der Waals surface area (Å²) in [5.74, 6) is 0.713. The zero-order valence-electron chi connectivity index (χ0n) is 9.72. The van der Waals surface area contributed by atoms with E-state index in [-0.39, 0.29) is 0 Å². The van der Waals surface area contributed by atoms with Crippen LogP contribution in [-0.4, -0.2) is 16.5 Å². The number of nitrogen functional groups attached to an aromatic ring is 1. The zero-order valence-corrected chi connectivity index (χ0v) is 10.5. The molecule has 0 atom stereocenters. The number of hydrogen-bond donors (Lipinski definition) is 1. The molecule has 0 unspecified atom stereocenters. The van der Waals surface area contributed by atoms with E-state index < -0.39 is 0 Å². The summed E-state index contributed by atoms with van der Waals surface area (Å²) in [6.45, 7) is 0. The second kappa shape index (κ2) is 5.72. The van der Waals surface area contributed by atoms with Crippen molar-refractivity contribution in [3.05, 3.63) is 35.7 Å². The third-order valence-corrected chi connectivity index (χ3v) is 2.97. The quantitative estimate of drug-likeness (QED) is 0.651. The molecule has 0 radical (unpaired) electrons. The lowest BCUT2D eigenvalue weighted by atomic mass is 10.1. The van der Waals surface area contributed by atoms with Crippen LogP contribution in [0.25, 0.3) is 0 Å². The maximum atomic E-state index is 5.63. The van der Waals surface area contributed by atoms with Gasteiger partial charge in [-0.2, -0.15) is 0 Å². The highest BCUT2D eigenvalue weighted by molar-refractivity contribution is 7.98. The number of nitrogens with two attached hydrogens (primary N) is 1. The Kier molecular flexibility index (Phi) is 4.03. The van der Waals surface area contributed by atoms with Crippen LogP contribution in [0.15, 0.2) is 33.9 Å². The second-order valence-corrected chi connectivity index (χ2v) is 4.52. The monoisotopic (exact) mass is 249 g/mol. The maximum Gasteiger partial charge on any atom is 0.276 e. The van der Waals surface area contributed by atoms with Gasteiger partial charge >= 0.3 is 0 Å². The maximum absolute atomic E-state index is 5.63. The zero-order chi connectivity index (χ0) is 12.1. The van der Waals surface area contributed by atoms with E-state index in [0.717, 1.165) is 24.9 Å². The van der Waals surface area contributed by atoms with Crippen LogP contribution in [0, 0.1) is 0 Å². The fourth-order valence-electron chi connectivity index (χ4n) is 1.55. The van der Waals surface area contributed by atoms with Crippen molar-refractivity contribution in [3.63, 3.8) is 0 Å². The van der Waals surface area contributed by atoms with Gasteiger partial charge in [0.15, 0.2) is 0 Å². The number of benzene rings is 1. The van der Waals surface area contributed by atoms with Crippen LogP contribution in [0.4, 0.5) is 5.69 Å². The first kappa shape index (κ1) is 12.0. The van der Waals surface area contributed by atoms with Crippen molar-refractivity contribution < 1.29 is 4.42 Å². The van der Waals surface area contributed by atoms with Crippen molar-refractivity contribution in [2.75, 3.05) is 12.0 Å². The number of aryl methyl sites for hydroxylation is 2. The molecular formula is C12H15N3OS. The molecule has 0 aliphatic rings. The fraction of sp³-hybridized carbons (Fsp3) is 0.333.